The third-order valence-electron chi connectivity index (χ3n) is 0.175. The first-order valence-corrected chi connectivity index (χ1v) is 2.11. The lowest BCUT2D eigenvalue weighted by molar-refractivity contribution is -0.131. The molecule has 9 heavy (non-hydrogen) atoms. The van der Waals surface area contributed by atoms with Gasteiger partial charge in [0, 0.05) is 6.08 Å². The molecule has 0 aromatic heterocycles. The molecular formula is C6H11ClO2. The SMILES string of the molecule is C=CC.C=CC(=O)O.Cl. The Hall–Kier alpha value is -0.760. The summed E-state index contributed by atoms with van der Waals surface area (Å²) in [6, 6.07) is 0. The van der Waals surface area contributed by atoms with Crippen LogP contribution in [0.25, 0.3) is 0 Å². The van der Waals surface area contributed by atoms with Crippen LogP contribution < -0.4 is 0 Å². The summed E-state index contributed by atoms with van der Waals surface area (Å²) in [5, 5.41) is 7.60. The first kappa shape index (κ1) is 15.7. The molecule has 2 nitrogen and oxygen atoms in total. The molecule has 0 aliphatic heterocycles. The van der Waals surface area contributed by atoms with Crippen molar-refractivity contribution in [2.75, 3.05) is 0 Å². The van der Waals surface area contributed by atoms with E-state index in [1.54, 1.807) is 6.08 Å². The predicted molar refractivity (Wildman–Crippen MR) is 41.0 cm³/mol. The molecule has 0 aromatic carbocycles. The van der Waals surface area contributed by atoms with Crippen molar-refractivity contribution in [1.29, 1.82) is 0 Å². The van der Waals surface area contributed by atoms with Crippen LogP contribution in [0.5, 0.6) is 0 Å². The highest BCUT2D eigenvalue weighted by atomic mass is 35.5. The molecule has 0 atom stereocenters. The minimum Gasteiger partial charge on any atom is -0.478 e. The Balaban J connectivity index is -0.0000000800. The van der Waals surface area contributed by atoms with Crippen LogP contribution in [0, 0.1) is 0 Å². The second-order valence-corrected chi connectivity index (χ2v) is 0.951. The maximum absolute atomic E-state index is 9.25. The number of allylic oxidation sites excluding steroid dienone is 1. The van der Waals surface area contributed by atoms with E-state index in [9.17, 15) is 4.79 Å². The Morgan fingerprint density at radius 1 is 1.56 bits per heavy atom. The molecule has 0 saturated carbocycles. The number of hydrogen-bond acceptors (Lipinski definition) is 1. The van der Waals surface area contributed by atoms with Crippen LogP contribution in [-0.2, 0) is 4.79 Å². The summed E-state index contributed by atoms with van der Waals surface area (Å²) < 4.78 is 0. The summed E-state index contributed by atoms with van der Waals surface area (Å²) in [6.45, 7) is 8.21. The Morgan fingerprint density at radius 3 is 1.67 bits per heavy atom. The van der Waals surface area contributed by atoms with Gasteiger partial charge in [0.2, 0.25) is 0 Å². The van der Waals surface area contributed by atoms with Gasteiger partial charge in [0.15, 0.2) is 0 Å². The molecule has 0 unspecified atom stereocenters. The molecule has 0 aliphatic rings. The fraction of sp³-hybridized carbons (Fsp3) is 0.167. The number of rotatable bonds is 1. The van der Waals surface area contributed by atoms with Crippen molar-refractivity contribution in [1.82, 2.24) is 0 Å². The van der Waals surface area contributed by atoms with Gasteiger partial charge in [-0.3, -0.25) is 0 Å². The summed E-state index contributed by atoms with van der Waals surface area (Å²) in [4.78, 5) is 9.25. The third-order valence-corrected chi connectivity index (χ3v) is 0.175. The van der Waals surface area contributed by atoms with E-state index in [0.29, 0.717) is 0 Å². The van der Waals surface area contributed by atoms with Gasteiger partial charge in [-0.2, -0.15) is 0 Å². The van der Waals surface area contributed by atoms with Gasteiger partial charge in [-0.05, 0) is 6.92 Å². The number of carbonyl (C=O) groups is 1. The molecule has 0 radical (unpaired) electrons. The summed E-state index contributed by atoms with van der Waals surface area (Å²) in [7, 11) is 0. The standard InChI is InChI=1S/C3H4O2.C3H6.ClH/c1-2-3(4)5;1-3-2;/h2H,1H2,(H,4,5);3H,1H2,2H3;1H. The van der Waals surface area contributed by atoms with Gasteiger partial charge in [-0.15, -0.1) is 19.0 Å². The number of hydrogen-bond donors (Lipinski definition) is 1. The molecule has 0 aliphatic carbocycles. The number of halogens is 1. The molecule has 1 N–H and O–H groups in total. The molecule has 0 spiro atoms. The molecular weight excluding hydrogens is 140 g/mol. The van der Waals surface area contributed by atoms with Gasteiger partial charge in [0.25, 0.3) is 0 Å². The van der Waals surface area contributed by atoms with E-state index in [4.69, 9.17) is 5.11 Å². The van der Waals surface area contributed by atoms with Crippen LogP contribution in [0.4, 0.5) is 0 Å². The summed E-state index contributed by atoms with van der Waals surface area (Å²) >= 11 is 0. The van der Waals surface area contributed by atoms with E-state index in [0.717, 1.165) is 6.08 Å². The van der Waals surface area contributed by atoms with Crippen molar-refractivity contribution in [2.24, 2.45) is 0 Å². The maximum Gasteiger partial charge on any atom is 0.327 e. The second kappa shape index (κ2) is 15.7. The molecule has 0 aromatic rings. The predicted octanol–water partition coefficient (Wildman–Crippen LogP) is 1.87. The van der Waals surface area contributed by atoms with E-state index in [-0.39, 0.29) is 12.4 Å². The van der Waals surface area contributed by atoms with Gasteiger partial charge in [0.1, 0.15) is 0 Å². The highest BCUT2D eigenvalue weighted by Gasteiger charge is 1.73. The van der Waals surface area contributed by atoms with Gasteiger partial charge in [0.05, 0.1) is 0 Å². The molecule has 0 amide bonds. The molecule has 0 rings (SSSR count). The van der Waals surface area contributed by atoms with Gasteiger partial charge in [-0.25, -0.2) is 4.79 Å². The molecule has 0 fully saturated rings. The van der Waals surface area contributed by atoms with Crippen molar-refractivity contribution in [3.63, 3.8) is 0 Å². The van der Waals surface area contributed by atoms with E-state index >= 15 is 0 Å². The molecule has 3 heteroatoms. The van der Waals surface area contributed by atoms with Crippen LogP contribution in [-0.4, -0.2) is 11.1 Å². The normalized spacial score (nSPS) is 5.00. The third kappa shape index (κ3) is 129. The lowest BCUT2D eigenvalue weighted by atomic mass is 10.7. The van der Waals surface area contributed by atoms with Crippen molar-refractivity contribution in [3.05, 3.63) is 25.3 Å². The average molecular weight is 151 g/mol. The van der Waals surface area contributed by atoms with Crippen LogP contribution >= 0.6 is 12.4 Å². The Morgan fingerprint density at radius 2 is 1.67 bits per heavy atom. The maximum atomic E-state index is 9.25. The van der Waals surface area contributed by atoms with Crippen molar-refractivity contribution < 1.29 is 9.90 Å². The average Bonchev–Trinajstić information content (AvgIpc) is 1.69. The minimum absolute atomic E-state index is 0. The summed E-state index contributed by atoms with van der Waals surface area (Å²) in [6.07, 6.45) is 2.58. The lowest BCUT2D eigenvalue weighted by Gasteiger charge is -1.64. The topological polar surface area (TPSA) is 37.3 Å². The highest BCUT2D eigenvalue weighted by molar-refractivity contribution is 5.85. The first-order chi connectivity index (χ1) is 3.68. The Kier molecular flexibility index (Phi) is 27.4. The van der Waals surface area contributed by atoms with Crippen LogP contribution in [0.15, 0.2) is 25.3 Å². The monoisotopic (exact) mass is 150 g/mol. The number of aliphatic carboxylic acids is 1. The Labute approximate surface area is 61.3 Å². The zero-order chi connectivity index (χ0) is 6.99. The zero-order valence-corrected chi connectivity index (χ0v) is 6.15. The van der Waals surface area contributed by atoms with Crippen molar-refractivity contribution >= 4 is 18.4 Å². The van der Waals surface area contributed by atoms with Gasteiger partial charge < -0.3 is 5.11 Å². The molecule has 0 bridgehead atoms. The van der Waals surface area contributed by atoms with Crippen LogP contribution in [0.2, 0.25) is 0 Å². The van der Waals surface area contributed by atoms with Gasteiger partial charge >= 0.3 is 5.97 Å². The van der Waals surface area contributed by atoms with Crippen molar-refractivity contribution in [2.45, 2.75) is 6.92 Å². The quantitative estimate of drug-likeness (QED) is 0.458. The zero-order valence-electron chi connectivity index (χ0n) is 5.33. The number of carboxylic acids is 1. The molecule has 0 heterocycles. The fourth-order valence-electron chi connectivity index (χ4n) is 0. The largest absolute Gasteiger partial charge is 0.478 e. The summed E-state index contributed by atoms with van der Waals surface area (Å²) in [5.74, 6) is -0.981. The van der Waals surface area contributed by atoms with E-state index in [1.165, 1.54) is 0 Å². The first-order valence-electron chi connectivity index (χ1n) is 2.11. The van der Waals surface area contributed by atoms with E-state index < -0.39 is 5.97 Å². The summed E-state index contributed by atoms with van der Waals surface area (Å²) in [5.41, 5.74) is 0. The van der Waals surface area contributed by atoms with Crippen LogP contribution in [0.1, 0.15) is 6.92 Å². The number of carboxylic acid groups (broad SMARTS) is 1. The lowest BCUT2D eigenvalue weighted by Crippen LogP contribution is -1.82. The van der Waals surface area contributed by atoms with Crippen LogP contribution in [0.3, 0.4) is 0 Å². The smallest absolute Gasteiger partial charge is 0.327 e. The van der Waals surface area contributed by atoms with E-state index in [2.05, 4.69) is 13.2 Å². The second-order valence-electron chi connectivity index (χ2n) is 0.951. The Bertz CT molecular complexity index is 89.1. The molecule has 0 saturated heterocycles. The molecule has 54 valence electrons. The fourth-order valence-corrected chi connectivity index (χ4v) is 0. The minimum atomic E-state index is -0.981. The van der Waals surface area contributed by atoms with Gasteiger partial charge in [-0.1, -0.05) is 12.7 Å². The highest BCUT2D eigenvalue weighted by Crippen LogP contribution is 1.54. The van der Waals surface area contributed by atoms with Crippen molar-refractivity contribution in [3.8, 4) is 0 Å². The van der Waals surface area contributed by atoms with E-state index in [1.807, 2.05) is 6.92 Å².